The predicted molar refractivity (Wildman–Crippen MR) is 71.6 cm³/mol. The van der Waals surface area contributed by atoms with Crippen LogP contribution in [0, 0.1) is 0 Å². The van der Waals surface area contributed by atoms with Crippen molar-refractivity contribution in [2.75, 3.05) is 0 Å². The summed E-state index contributed by atoms with van der Waals surface area (Å²) in [6, 6.07) is 12.4. The number of aromatic nitrogens is 1. The van der Waals surface area contributed by atoms with Gasteiger partial charge in [0.15, 0.2) is 0 Å². The monoisotopic (exact) mass is 260 g/mol. The normalized spacial score (nSPS) is 11.9. The number of halogens is 1. The van der Waals surface area contributed by atoms with Crippen LogP contribution in [0.2, 0.25) is 5.02 Å². The molecule has 0 unspecified atom stereocenters. The fraction of sp³-hybridized carbons (Fsp3) is 0.143. The number of carbonyl (C=O) groups is 1. The molecule has 0 aliphatic heterocycles. The Morgan fingerprint density at radius 3 is 2.61 bits per heavy atom. The maximum absolute atomic E-state index is 12.0. The van der Waals surface area contributed by atoms with Crippen LogP contribution in [0.4, 0.5) is 0 Å². The van der Waals surface area contributed by atoms with Crippen molar-refractivity contribution in [3.63, 3.8) is 0 Å². The van der Waals surface area contributed by atoms with Crippen LogP contribution in [-0.4, -0.2) is 10.9 Å². The van der Waals surface area contributed by atoms with E-state index in [0.29, 0.717) is 10.6 Å². The van der Waals surface area contributed by atoms with Gasteiger partial charge in [-0.05, 0) is 31.2 Å². The van der Waals surface area contributed by atoms with Gasteiger partial charge in [0.1, 0.15) is 0 Å². The molecule has 0 fully saturated rings. The molecule has 0 aliphatic rings. The lowest BCUT2D eigenvalue weighted by atomic mass is 10.1. The van der Waals surface area contributed by atoms with Crippen LogP contribution in [0.5, 0.6) is 0 Å². The molecule has 2 aromatic rings. The third-order valence-electron chi connectivity index (χ3n) is 2.60. The van der Waals surface area contributed by atoms with Crippen LogP contribution in [0.3, 0.4) is 0 Å². The highest BCUT2D eigenvalue weighted by atomic mass is 35.5. The highest BCUT2D eigenvalue weighted by molar-refractivity contribution is 6.33. The number of hydrogen-bond acceptors (Lipinski definition) is 2. The lowest BCUT2D eigenvalue weighted by Crippen LogP contribution is -2.27. The van der Waals surface area contributed by atoms with Crippen molar-refractivity contribution in [3.8, 4) is 0 Å². The fourth-order valence-electron chi connectivity index (χ4n) is 1.63. The second kappa shape index (κ2) is 5.65. The van der Waals surface area contributed by atoms with Crippen LogP contribution in [0.15, 0.2) is 48.7 Å². The molecule has 0 saturated heterocycles. The average Bonchev–Trinajstić information content (AvgIpc) is 2.40. The summed E-state index contributed by atoms with van der Waals surface area (Å²) in [7, 11) is 0. The van der Waals surface area contributed by atoms with Crippen LogP contribution in [0.25, 0.3) is 0 Å². The van der Waals surface area contributed by atoms with Crippen molar-refractivity contribution in [1.82, 2.24) is 10.3 Å². The number of benzene rings is 1. The van der Waals surface area contributed by atoms with Gasteiger partial charge in [-0.3, -0.25) is 9.78 Å². The van der Waals surface area contributed by atoms with Gasteiger partial charge in [-0.15, -0.1) is 0 Å². The van der Waals surface area contributed by atoms with Crippen LogP contribution in [0.1, 0.15) is 29.0 Å². The van der Waals surface area contributed by atoms with Gasteiger partial charge in [-0.2, -0.15) is 0 Å². The highest BCUT2D eigenvalue weighted by Gasteiger charge is 2.13. The summed E-state index contributed by atoms with van der Waals surface area (Å²) in [5, 5.41) is 3.31. The van der Waals surface area contributed by atoms with Crippen LogP contribution < -0.4 is 5.32 Å². The van der Waals surface area contributed by atoms with E-state index in [1.807, 2.05) is 25.1 Å². The molecule has 0 bridgehead atoms. The SMILES string of the molecule is C[C@@H](NC(=O)c1ccccc1Cl)c1ccccn1. The molecule has 1 heterocycles. The summed E-state index contributed by atoms with van der Waals surface area (Å²) in [5.74, 6) is -0.196. The molecule has 1 amide bonds. The minimum atomic E-state index is -0.196. The van der Waals surface area contributed by atoms with Crippen molar-refractivity contribution in [2.45, 2.75) is 13.0 Å². The molecular weight excluding hydrogens is 248 g/mol. The summed E-state index contributed by atoms with van der Waals surface area (Å²) in [5.41, 5.74) is 1.29. The third-order valence-corrected chi connectivity index (χ3v) is 2.93. The van der Waals surface area contributed by atoms with Crippen LogP contribution >= 0.6 is 11.6 Å². The van der Waals surface area contributed by atoms with E-state index in [-0.39, 0.29) is 11.9 Å². The standard InChI is InChI=1S/C14H13ClN2O/c1-10(13-8-4-5-9-16-13)17-14(18)11-6-2-3-7-12(11)15/h2-10H,1H3,(H,17,18)/t10-/m1/s1. The summed E-state index contributed by atoms with van der Waals surface area (Å²) in [6.07, 6.45) is 1.70. The second-order valence-corrected chi connectivity index (χ2v) is 4.34. The number of hydrogen-bond donors (Lipinski definition) is 1. The molecule has 0 spiro atoms. The molecule has 1 aromatic carbocycles. The summed E-state index contributed by atoms with van der Waals surface area (Å²) < 4.78 is 0. The van der Waals surface area contributed by atoms with Gasteiger partial charge in [-0.1, -0.05) is 29.8 Å². The molecule has 1 aromatic heterocycles. The molecule has 2 rings (SSSR count). The Labute approximate surface area is 111 Å². The van der Waals surface area contributed by atoms with E-state index in [4.69, 9.17) is 11.6 Å². The largest absolute Gasteiger partial charge is 0.344 e. The molecule has 1 N–H and O–H groups in total. The minimum Gasteiger partial charge on any atom is -0.344 e. The third kappa shape index (κ3) is 2.87. The Kier molecular flexibility index (Phi) is 3.95. The Bertz CT molecular complexity index is 543. The summed E-state index contributed by atoms with van der Waals surface area (Å²) in [4.78, 5) is 16.2. The molecule has 0 aliphatic carbocycles. The Balaban J connectivity index is 2.11. The first-order valence-corrected chi connectivity index (χ1v) is 6.02. The van der Waals surface area contributed by atoms with E-state index in [1.165, 1.54) is 0 Å². The maximum Gasteiger partial charge on any atom is 0.253 e. The van der Waals surface area contributed by atoms with E-state index < -0.39 is 0 Å². The lowest BCUT2D eigenvalue weighted by molar-refractivity contribution is 0.0939. The zero-order chi connectivity index (χ0) is 13.0. The number of nitrogens with one attached hydrogen (secondary N) is 1. The van der Waals surface area contributed by atoms with E-state index in [1.54, 1.807) is 30.5 Å². The van der Waals surface area contributed by atoms with Crippen LogP contribution in [-0.2, 0) is 0 Å². The molecule has 1 atom stereocenters. The first kappa shape index (κ1) is 12.6. The Morgan fingerprint density at radius 2 is 1.94 bits per heavy atom. The van der Waals surface area contributed by atoms with E-state index in [0.717, 1.165) is 5.69 Å². The minimum absolute atomic E-state index is 0.157. The number of amides is 1. The Morgan fingerprint density at radius 1 is 1.22 bits per heavy atom. The number of pyridine rings is 1. The average molecular weight is 261 g/mol. The number of rotatable bonds is 3. The maximum atomic E-state index is 12.0. The van der Waals surface area contributed by atoms with Gasteiger partial charge < -0.3 is 5.32 Å². The predicted octanol–water partition coefficient (Wildman–Crippen LogP) is 3.23. The molecule has 0 radical (unpaired) electrons. The first-order valence-electron chi connectivity index (χ1n) is 5.65. The van der Waals surface area contributed by atoms with Gasteiger partial charge in [0.25, 0.3) is 5.91 Å². The van der Waals surface area contributed by atoms with E-state index in [9.17, 15) is 4.79 Å². The van der Waals surface area contributed by atoms with Crippen molar-refractivity contribution in [2.24, 2.45) is 0 Å². The first-order chi connectivity index (χ1) is 8.68. The number of nitrogens with zero attached hydrogens (tertiary/aromatic N) is 1. The topological polar surface area (TPSA) is 42.0 Å². The molecule has 3 nitrogen and oxygen atoms in total. The second-order valence-electron chi connectivity index (χ2n) is 3.93. The highest BCUT2D eigenvalue weighted by Crippen LogP contribution is 2.16. The zero-order valence-electron chi connectivity index (χ0n) is 9.93. The van der Waals surface area contributed by atoms with Gasteiger partial charge in [-0.25, -0.2) is 0 Å². The van der Waals surface area contributed by atoms with Gasteiger partial charge in [0, 0.05) is 6.20 Å². The molecule has 4 heteroatoms. The number of carbonyl (C=O) groups excluding carboxylic acids is 1. The molecular formula is C14H13ClN2O. The Hall–Kier alpha value is -1.87. The van der Waals surface area contributed by atoms with Crippen molar-refractivity contribution in [1.29, 1.82) is 0 Å². The quantitative estimate of drug-likeness (QED) is 0.921. The summed E-state index contributed by atoms with van der Waals surface area (Å²) in [6.45, 7) is 1.89. The zero-order valence-corrected chi connectivity index (χ0v) is 10.7. The van der Waals surface area contributed by atoms with Crippen molar-refractivity contribution in [3.05, 3.63) is 64.9 Å². The molecule has 0 saturated carbocycles. The van der Waals surface area contributed by atoms with Gasteiger partial charge in [0.05, 0.1) is 22.3 Å². The van der Waals surface area contributed by atoms with Crippen molar-refractivity contribution >= 4 is 17.5 Å². The smallest absolute Gasteiger partial charge is 0.253 e. The van der Waals surface area contributed by atoms with Gasteiger partial charge in [0.2, 0.25) is 0 Å². The summed E-state index contributed by atoms with van der Waals surface area (Å²) >= 11 is 5.97. The lowest BCUT2D eigenvalue weighted by Gasteiger charge is -2.13. The van der Waals surface area contributed by atoms with E-state index >= 15 is 0 Å². The molecule has 92 valence electrons. The molecule has 18 heavy (non-hydrogen) atoms. The fourth-order valence-corrected chi connectivity index (χ4v) is 1.85. The van der Waals surface area contributed by atoms with Crippen molar-refractivity contribution < 1.29 is 4.79 Å². The van der Waals surface area contributed by atoms with E-state index in [2.05, 4.69) is 10.3 Å². The van der Waals surface area contributed by atoms with Gasteiger partial charge >= 0.3 is 0 Å².